The van der Waals surface area contributed by atoms with Crippen molar-refractivity contribution in [1.29, 1.82) is 0 Å². The Morgan fingerprint density at radius 3 is 2.29 bits per heavy atom. The summed E-state index contributed by atoms with van der Waals surface area (Å²) in [5, 5.41) is 0. The zero-order valence-corrected chi connectivity index (χ0v) is 15.3. The predicted molar refractivity (Wildman–Crippen MR) is 93.4 cm³/mol. The number of nitrogens with zero attached hydrogens (tertiary/aromatic N) is 2. The fourth-order valence-corrected chi connectivity index (χ4v) is 4.82. The van der Waals surface area contributed by atoms with Crippen LogP contribution in [0, 0.1) is 20.8 Å². The number of aryl methyl sites for hydroxylation is 3. The minimum Gasteiger partial charge on any atom is -0.468 e. The molecule has 1 fully saturated rings. The number of sulfonamides is 1. The molecule has 0 radical (unpaired) electrons. The molecule has 1 saturated heterocycles. The third-order valence-corrected chi connectivity index (χ3v) is 6.74. The first-order chi connectivity index (χ1) is 11.4. The summed E-state index contributed by atoms with van der Waals surface area (Å²) >= 11 is 0. The molecule has 1 aromatic carbocycles. The van der Waals surface area contributed by atoms with Crippen molar-refractivity contribution in [3.05, 3.63) is 53.0 Å². The second-order valence-electron chi connectivity index (χ2n) is 6.46. The van der Waals surface area contributed by atoms with Gasteiger partial charge in [-0.15, -0.1) is 0 Å². The van der Waals surface area contributed by atoms with Gasteiger partial charge in [0.25, 0.3) is 0 Å². The highest BCUT2D eigenvalue weighted by atomic mass is 32.2. The minimum atomic E-state index is -3.43. The van der Waals surface area contributed by atoms with Crippen molar-refractivity contribution < 1.29 is 12.8 Å². The highest BCUT2D eigenvalue weighted by Gasteiger charge is 2.30. The molecule has 6 heteroatoms. The fourth-order valence-electron chi connectivity index (χ4n) is 3.10. The average Bonchev–Trinajstić information content (AvgIpc) is 3.04. The fraction of sp³-hybridized carbons (Fsp3) is 0.444. The Morgan fingerprint density at radius 2 is 1.67 bits per heavy atom. The summed E-state index contributed by atoms with van der Waals surface area (Å²) < 4.78 is 32.9. The first-order valence-electron chi connectivity index (χ1n) is 8.20. The van der Waals surface area contributed by atoms with E-state index in [0.717, 1.165) is 29.0 Å². The number of benzene rings is 1. The molecule has 1 aromatic heterocycles. The normalized spacial score (nSPS) is 17.3. The van der Waals surface area contributed by atoms with E-state index in [9.17, 15) is 8.42 Å². The quantitative estimate of drug-likeness (QED) is 0.852. The molecule has 24 heavy (non-hydrogen) atoms. The van der Waals surface area contributed by atoms with Gasteiger partial charge in [0.1, 0.15) is 5.76 Å². The van der Waals surface area contributed by atoms with Crippen molar-refractivity contribution in [3.63, 3.8) is 0 Å². The van der Waals surface area contributed by atoms with Gasteiger partial charge in [-0.3, -0.25) is 4.90 Å². The van der Waals surface area contributed by atoms with Crippen LogP contribution in [-0.2, 0) is 16.6 Å². The molecule has 0 aliphatic carbocycles. The highest BCUT2D eigenvalue weighted by molar-refractivity contribution is 7.89. The molecule has 0 unspecified atom stereocenters. The summed E-state index contributed by atoms with van der Waals surface area (Å²) in [7, 11) is -3.43. The van der Waals surface area contributed by atoms with Crippen LogP contribution in [0.2, 0.25) is 0 Å². The van der Waals surface area contributed by atoms with Gasteiger partial charge in [0.05, 0.1) is 17.7 Å². The van der Waals surface area contributed by atoms with Crippen LogP contribution in [0.4, 0.5) is 0 Å². The first kappa shape index (κ1) is 17.2. The van der Waals surface area contributed by atoms with E-state index in [1.54, 1.807) is 16.6 Å². The van der Waals surface area contributed by atoms with Crippen LogP contribution in [0.1, 0.15) is 22.5 Å². The Labute approximate surface area is 143 Å². The van der Waals surface area contributed by atoms with Gasteiger partial charge in [0.2, 0.25) is 10.0 Å². The van der Waals surface area contributed by atoms with Crippen LogP contribution >= 0.6 is 0 Å². The van der Waals surface area contributed by atoms with Crippen LogP contribution in [0.3, 0.4) is 0 Å². The van der Waals surface area contributed by atoms with Crippen LogP contribution in [0.5, 0.6) is 0 Å². The lowest BCUT2D eigenvalue weighted by atomic mass is 10.1. The molecule has 5 nitrogen and oxygen atoms in total. The van der Waals surface area contributed by atoms with Gasteiger partial charge < -0.3 is 4.42 Å². The Morgan fingerprint density at radius 1 is 1.00 bits per heavy atom. The van der Waals surface area contributed by atoms with Crippen molar-refractivity contribution in [2.75, 3.05) is 26.2 Å². The standard InChI is InChI=1S/C18H24N2O3S/c1-14-11-16(3)18(12-15(14)2)24(21,22)20-8-6-19(7-9-20)13-17-5-4-10-23-17/h4-5,10-12H,6-9,13H2,1-3H3. The van der Waals surface area contributed by atoms with E-state index in [1.165, 1.54) is 0 Å². The van der Waals surface area contributed by atoms with Gasteiger partial charge in [-0.2, -0.15) is 4.31 Å². The smallest absolute Gasteiger partial charge is 0.243 e. The maximum absolute atomic E-state index is 13.0. The Bertz CT molecular complexity index is 805. The van der Waals surface area contributed by atoms with E-state index in [-0.39, 0.29) is 0 Å². The summed E-state index contributed by atoms with van der Waals surface area (Å²) in [6.45, 7) is 9.00. The molecule has 0 spiro atoms. The lowest BCUT2D eigenvalue weighted by molar-refractivity contribution is 0.171. The van der Waals surface area contributed by atoms with Gasteiger partial charge in [-0.1, -0.05) is 6.07 Å². The van der Waals surface area contributed by atoms with Crippen molar-refractivity contribution in [2.24, 2.45) is 0 Å². The molecule has 0 amide bonds. The molecule has 1 aliphatic heterocycles. The molecule has 1 aliphatic rings. The van der Waals surface area contributed by atoms with E-state index in [4.69, 9.17) is 4.42 Å². The molecule has 130 valence electrons. The number of furan rings is 1. The zero-order chi connectivity index (χ0) is 17.3. The van der Waals surface area contributed by atoms with E-state index >= 15 is 0 Å². The first-order valence-corrected chi connectivity index (χ1v) is 9.64. The number of hydrogen-bond donors (Lipinski definition) is 0. The molecule has 0 atom stereocenters. The monoisotopic (exact) mass is 348 g/mol. The molecular weight excluding hydrogens is 324 g/mol. The lowest BCUT2D eigenvalue weighted by Crippen LogP contribution is -2.48. The highest BCUT2D eigenvalue weighted by Crippen LogP contribution is 2.24. The second-order valence-corrected chi connectivity index (χ2v) is 8.37. The summed E-state index contributed by atoms with van der Waals surface area (Å²) in [4.78, 5) is 2.66. The third-order valence-electron chi connectivity index (χ3n) is 4.70. The Balaban J connectivity index is 1.72. The minimum absolute atomic E-state index is 0.435. The van der Waals surface area contributed by atoms with Crippen molar-refractivity contribution in [2.45, 2.75) is 32.2 Å². The van der Waals surface area contributed by atoms with E-state index in [2.05, 4.69) is 4.90 Å². The van der Waals surface area contributed by atoms with Crippen molar-refractivity contribution >= 4 is 10.0 Å². The molecule has 0 saturated carbocycles. The molecule has 0 N–H and O–H groups in total. The van der Waals surface area contributed by atoms with Crippen molar-refractivity contribution in [1.82, 2.24) is 9.21 Å². The van der Waals surface area contributed by atoms with Gasteiger partial charge in [0.15, 0.2) is 0 Å². The number of rotatable bonds is 4. The van der Waals surface area contributed by atoms with Gasteiger partial charge in [0, 0.05) is 26.2 Å². The molecule has 3 rings (SSSR count). The maximum Gasteiger partial charge on any atom is 0.243 e. The summed E-state index contributed by atoms with van der Waals surface area (Å²) in [5.74, 6) is 0.913. The predicted octanol–water partition coefficient (Wildman–Crippen LogP) is 2.71. The van der Waals surface area contributed by atoms with Crippen LogP contribution in [0.25, 0.3) is 0 Å². The third kappa shape index (κ3) is 3.41. The molecule has 2 aromatic rings. The Hall–Kier alpha value is -1.63. The molecular formula is C18H24N2O3S. The SMILES string of the molecule is Cc1cc(C)c(S(=O)(=O)N2CCN(Cc3ccco3)CC2)cc1C. The largest absolute Gasteiger partial charge is 0.468 e. The lowest BCUT2D eigenvalue weighted by Gasteiger charge is -2.33. The maximum atomic E-state index is 13.0. The second kappa shape index (κ2) is 6.70. The van der Waals surface area contributed by atoms with Crippen LogP contribution < -0.4 is 0 Å². The van der Waals surface area contributed by atoms with Crippen LogP contribution in [-0.4, -0.2) is 43.8 Å². The van der Waals surface area contributed by atoms with Crippen molar-refractivity contribution in [3.8, 4) is 0 Å². The van der Waals surface area contributed by atoms with E-state index in [1.807, 2.05) is 39.0 Å². The van der Waals surface area contributed by atoms with Gasteiger partial charge in [-0.05, 0) is 55.7 Å². The summed E-state index contributed by atoms with van der Waals surface area (Å²) in [5.41, 5.74) is 2.95. The average molecular weight is 348 g/mol. The summed E-state index contributed by atoms with van der Waals surface area (Å²) in [6.07, 6.45) is 1.67. The van der Waals surface area contributed by atoms with E-state index < -0.39 is 10.0 Å². The van der Waals surface area contributed by atoms with Crippen LogP contribution in [0.15, 0.2) is 39.8 Å². The number of hydrogen-bond acceptors (Lipinski definition) is 4. The van der Waals surface area contributed by atoms with E-state index in [0.29, 0.717) is 31.1 Å². The Kier molecular flexibility index (Phi) is 4.80. The van der Waals surface area contributed by atoms with Gasteiger partial charge in [-0.25, -0.2) is 8.42 Å². The zero-order valence-electron chi connectivity index (χ0n) is 14.4. The molecule has 2 heterocycles. The summed E-state index contributed by atoms with van der Waals surface area (Å²) in [6, 6.07) is 7.57. The topological polar surface area (TPSA) is 53.8 Å². The van der Waals surface area contributed by atoms with Gasteiger partial charge >= 0.3 is 0 Å². The molecule has 0 bridgehead atoms. The number of piperazine rings is 1.